The summed E-state index contributed by atoms with van der Waals surface area (Å²) in [5.74, 6) is -0.402. The van der Waals surface area contributed by atoms with E-state index in [-0.39, 0.29) is 11.7 Å². The fourth-order valence-electron chi connectivity index (χ4n) is 2.98. The SMILES string of the molecule is CNNC(=Nc1ccc(OC(F)(F)F)cc1)SC(C(=O)N1CCOCC1)c1ccccc1. The molecule has 0 saturated carbocycles. The maximum atomic E-state index is 13.3. The van der Waals surface area contributed by atoms with E-state index in [1.165, 1.54) is 36.0 Å². The van der Waals surface area contributed by atoms with Crippen LogP contribution >= 0.6 is 11.8 Å². The number of aliphatic imine (C=N–C) groups is 1. The fourth-order valence-corrected chi connectivity index (χ4v) is 4.07. The molecule has 1 aliphatic heterocycles. The Kier molecular flexibility index (Phi) is 8.37. The van der Waals surface area contributed by atoms with Crippen LogP contribution in [0.2, 0.25) is 0 Å². The van der Waals surface area contributed by atoms with E-state index in [2.05, 4.69) is 20.6 Å². The lowest BCUT2D eigenvalue weighted by molar-refractivity contribution is -0.274. The number of carbonyl (C=O) groups excluding carboxylic acids is 1. The van der Waals surface area contributed by atoms with Crippen LogP contribution in [0.1, 0.15) is 10.8 Å². The summed E-state index contributed by atoms with van der Waals surface area (Å²) in [5.41, 5.74) is 6.90. The standard InChI is InChI=1S/C21H23F3N4O3S/c1-25-27-20(26-16-7-9-17(10-8-16)31-21(22,23)24)32-18(15-5-3-2-4-6-15)19(29)28-11-13-30-14-12-28/h2-10,18,25H,11-14H2,1H3,(H,26,27). The molecule has 0 spiro atoms. The van der Waals surface area contributed by atoms with Crippen molar-refractivity contribution in [1.82, 2.24) is 15.8 Å². The van der Waals surface area contributed by atoms with Crippen molar-refractivity contribution in [3.05, 3.63) is 60.2 Å². The van der Waals surface area contributed by atoms with Gasteiger partial charge in [0.05, 0.1) is 18.9 Å². The van der Waals surface area contributed by atoms with Crippen molar-refractivity contribution < 1.29 is 27.4 Å². The molecule has 1 fully saturated rings. The number of halogens is 3. The molecule has 11 heteroatoms. The molecule has 1 unspecified atom stereocenters. The number of hydrogen-bond acceptors (Lipinski definition) is 6. The first kappa shape index (κ1) is 23.9. The molecule has 32 heavy (non-hydrogen) atoms. The van der Waals surface area contributed by atoms with Crippen molar-refractivity contribution >= 4 is 28.5 Å². The average Bonchev–Trinajstić information content (AvgIpc) is 2.78. The van der Waals surface area contributed by atoms with Crippen LogP contribution in [0.25, 0.3) is 0 Å². The summed E-state index contributed by atoms with van der Waals surface area (Å²) in [6, 6.07) is 14.5. The first-order chi connectivity index (χ1) is 15.4. The molecule has 0 aromatic heterocycles. The highest BCUT2D eigenvalue weighted by molar-refractivity contribution is 8.14. The van der Waals surface area contributed by atoms with E-state index in [4.69, 9.17) is 4.74 Å². The Hall–Kier alpha value is -2.76. The predicted molar refractivity (Wildman–Crippen MR) is 117 cm³/mol. The molecule has 172 valence electrons. The second kappa shape index (κ2) is 11.2. The largest absolute Gasteiger partial charge is 0.573 e. The number of benzene rings is 2. The molecule has 3 rings (SSSR count). The zero-order chi connectivity index (χ0) is 23.0. The molecule has 1 heterocycles. The minimum Gasteiger partial charge on any atom is -0.406 e. The van der Waals surface area contributed by atoms with E-state index in [1.54, 1.807) is 11.9 Å². The molecule has 7 nitrogen and oxygen atoms in total. The van der Waals surface area contributed by atoms with Gasteiger partial charge in [0, 0.05) is 20.1 Å². The van der Waals surface area contributed by atoms with Gasteiger partial charge in [-0.25, -0.2) is 10.4 Å². The Morgan fingerprint density at radius 3 is 2.38 bits per heavy atom. The van der Waals surface area contributed by atoms with Crippen LogP contribution in [0.3, 0.4) is 0 Å². The quantitative estimate of drug-likeness (QED) is 0.383. The molecule has 1 amide bonds. The summed E-state index contributed by atoms with van der Waals surface area (Å²) < 4.78 is 46.3. The molecular formula is C21H23F3N4O3S. The number of amides is 1. The number of carbonyl (C=O) groups is 1. The van der Waals surface area contributed by atoms with Crippen LogP contribution in [-0.2, 0) is 9.53 Å². The number of ether oxygens (including phenoxy) is 2. The zero-order valence-electron chi connectivity index (χ0n) is 17.3. The third-order valence-electron chi connectivity index (χ3n) is 4.41. The molecular weight excluding hydrogens is 445 g/mol. The number of hydrogen-bond donors (Lipinski definition) is 2. The molecule has 0 aliphatic carbocycles. The minimum absolute atomic E-state index is 0.0657. The summed E-state index contributed by atoms with van der Waals surface area (Å²) in [6.45, 7) is 1.99. The number of nitrogens with zero attached hydrogens (tertiary/aromatic N) is 2. The number of morpholine rings is 1. The average molecular weight is 469 g/mol. The van der Waals surface area contributed by atoms with E-state index in [1.807, 2.05) is 30.3 Å². The number of alkyl halides is 3. The van der Waals surface area contributed by atoms with Gasteiger partial charge in [-0.2, -0.15) is 0 Å². The Bertz CT molecular complexity index is 905. The Morgan fingerprint density at radius 1 is 1.12 bits per heavy atom. The summed E-state index contributed by atoms with van der Waals surface area (Å²) in [5, 5.41) is -0.186. The molecule has 0 radical (unpaired) electrons. The number of amidine groups is 1. The lowest BCUT2D eigenvalue weighted by Gasteiger charge is -2.30. The van der Waals surface area contributed by atoms with Crippen molar-refractivity contribution in [1.29, 1.82) is 0 Å². The van der Waals surface area contributed by atoms with E-state index >= 15 is 0 Å². The normalized spacial score (nSPS) is 15.9. The summed E-state index contributed by atoms with van der Waals surface area (Å²) in [4.78, 5) is 19.5. The second-order valence-corrected chi connectivity index (χ2v) is 7.77. The van der Waals surface area contributed by atoms with Gasteiger partial charge in [0.2, 0.25) is 5.91 Å². The molecule has 2 aromatic carbocycles. The van der Waals surface area contributed by atoms with Crippen LogP contribution in [0.5, 0.6) is 5.75 Å². The van der Waals surface area contributed by atoms with Crippen molar-refractivity contribution in [2.45, 2.75) is 11.6 Å². The molecule has 2 N–H and O–H groups in total. The van der Waals surface area contributed by atoms with Crippen LogP contribution in [-0.4, -0.2) is 55.7 Å². The van der Waals surface area contributed by atoms with Gasteiger partial charge in [-0.3, -0.25) is 4.79 Å². The number of hydrazine groups is 1. The van der Waals surface area contributed by atoms with E-state index in [0.29, 0.717) is 37.2 Å². The van der Waals surface area contributed by atoms with Crippen molar-refractivity contribution in [3.63, 3.8) is 0 Å². The van der Waals surface area contributed by atoms with Crippen LogP contribution in [0, 0.1) is 0 Å². The van der Waals surface area contributed by atoms with Gasteiger partial charge in [-0.1, -0.05) is 42.1 Å². The lowest BCUT2D eigenvalue weighted by atomic mass is 10.1. The van der Waals surface area contributed by atoms with E-state index in [0.717, 1.165) is 5.56 Å². The Morgan fingerprint density at radius 2 is 1.78 bits per heavy atom. The van der Waals surface area contributed by atoms with Crippen molar-refractivity contribution in [3.8, 4) is 5.75 Å². The zero-order valence-corrected chi connectivity index (χ0v) is 18.1. The van der Waals surface area contributed by atoms with Crippen LogP contribution in [0.4, 0.5) is 18.9 Å². The fraction of sp³-hybridized carbons (Fsp3) is 0.333. The molecule has 2 aromatic rings. The topological polar surface area (TPSA) is 75.2 Å². The van der Waals surface area contributed by atoms with Gasteiger partial charge in [0.1, 0.15) is 11.0 Å². The maximum absolute atomic E-state index is 13.3. The van der Waals surface area contributed by atoms with E-state index < -0.39 is 11.6 Å². The predicted octanol–water partition coefficient (Wildman–Crippen LogP) is 3.63. The first-order valence-corrected chi connectivity index (χ1v) is 10.7. The van der Waals surface area contributed by atoms with Gasteiger partial charge in [-0.15, -0.1) is 13.2 Å². The van der Waals surface area contributed by atoms with E-state index in [9.17, 15) is 18.0 Å². The van der Waals surface area contributed by atoms with Crippen molar-refractivity contribution in [2.75, 3.05) is 33.4 Å². The molecule has 1 atom stereocenters. The van der Waals surface area contributed by atoms with Crippen molar-refractivity contribution in [2.24, 2.45) is 4.99 Å². The molecule has 1 aliphatic rings. The van der Waals surface area contributed by atoms with Gasteiger partial charge in [0.25, 0.3) is 0 Å². The molecule has 1 saturated heterocycles. The van der Waals surface area contributed by atoms with Gasteiger partial charge in [-0.05, 0) is 29.8 Å². The highest BCUT2D eigenvalue weighted by Crippen LogP contribution is 2.33. The summed E-state index contributed by atoms with van der Waals surface area (Å²) in [7, 11) is 1.65. The summed E-state index contributed by atoms with van der Waals surface area (Å²) >= 11 is 1.21. The lowest BCUT2D eigenvalue weighted by Crippen LogP contribution is -2.43. The number of thioether (sulfide) groups is 1. The second-order valence-electron chi connectivity index (χ2n) is 6.68. The Labute approximate surface area is 188 Å². The number of nitrogens with one attached hydrogen (secondary N) is 2. The van der Waals surface area contributed by atoms with Crippen LogP contribution < -0.4 is 15.6 Å². The maximum Gasteiger partial charge on any atom is 0.573 e. The first-order valence-electron chi connectivity index (χ1n) is 9.81. The Balaban J connectivity index is 1.83. The van der Waals surface area contributed by atoms with Gasteiger partial charge in [0.15, 0.2) is 5.17 Å². The minimum atomic E-state index is -4.76. The van der Waals surface area contributed by atoms with Gasteiger partial charge >= 0.3 is 6.36 Å². The number of rotatable bonds is 6. The highest BCUT2D eigenvalue weighted by Gasteiger charge is 2.31. The smallest absolute Gasteiger partial charge is 0.406 e. The monoisotopic (exact) mass is 468 g/mol. The third kappa shape index (κ3) is 7.14. The van der Waals surface area contributed by atoms with Gasteiger partial charge < -0.3 is 19.8 Å². The van der Waals surface area contributed by atoms with Crippen LogP contribution in [0.15, 0.2) is 59.6 Å². The highest BCUT2D eigenvalue weighted by atomic mass is 32.2. The molecule has 0 bridgehead atoms. The third-order valence-corrected chi connectivity index (χ3v) is 5.54. The summed E-state index contributed by atoms with van der Waals surface area (Å²) in [6.07, 6.45) is -4.76.